The number of anilines is 1. The smallest absolute Gasteiger partial charge is 0.252 e. The molecular formula is C9H8F2N2O. The van der Waals surface area contributed by atoms with E-state index in [1.807, 2.05) is 0 Å². The van der Waals surface area contributed by atoms with Crippen molar-refractivity contribution in [3.05, 3.63) is 17.7 Å². The molecule has 74 valence electrons. The van der Waals surface area contributed by atoms with Gasteiger partial charge in [-0.15, -0.1) is 12.3 Å². The Kier molecular flexibility index (Phi) is 3.24. The van der Waals surface area contributed by atoms with Crippen LogP contribution in [0, 0.1) is 24.0 Å². The number of aromatic nitrogens is 1. The number of hydrogen-bond acceptors (Lipinski definition) is 3. The lowest BCUT2D eigenvalue weighted by Crippen LogP contribution is -2.04. The van der Waals surface area contributed by atoms with Crippen molar-refractivity contribution in [3.8, 4) is 18.2 Å². The van der Waals surface area contributed by atoms with Crippen LogP contribution in [0.25, 0.3) is 0 Å². The standard InChI is InChI=1S/C9H8F2N2O/c1-2-3-4-14-9-7(11)5-6(10)8(12)13-9/h1,5H,3-4H2,(H2,12,13). The highest BCUT2D eigenvalue weighted by molar-refractivity contribution is 5.34. The second-order valence-electron chi connectivity index (χ2n) is 2.44. The van der Waals surface area contributed by atoms with E-state index in [9.17, 15) is 8.78 Å². The summed E-state index contributed by atoms with van der Waals surface area (Å²) in [6.07, 6.45) is 5.27. The van der Waals surface area contributed by atoms with Crippen LogP contribution < -0.4 is 10.5 Å². The highest BCUT2D eigenvalue weighted by atomic mass is 19.1. The largest absolute Gasteiger partial charge is 0.475 e. The van der Waals surface area contributed by atoms with E-state index >= 15 is 0 Å². The first kappa shape index (κ1) is 10.3. The summed E-state index contributed by atoms with van der Waals surface area (Å²) >= 11 is 0. The third kappa shape index (κ3) is 2.33. The predicted octanol–water partition coefficient (Wildman–Crippen LogP) is 1.34. The van der Waals surface area contributed by atoms with Crippen LogP contribution in [0.1, 0.15) is 6.42 Å². The first-order valence-electron chi connectivity index (χ1n) is 3.83. The molecule has 2 N–H and O–H groups in total. The molecule has 0 amide bonds. The molecule has 1 aromatic rings. The summed E-state index contributed by atoms with van der Waals surface area (Å²) in [6, 6.07) is 0.619. The Bertz CT molecular complexity index is 374. The van der Waals surface area contributed by atoms with Gasteiger partial charge in [-0.3, -0.25) is 0 Å². The second kappa shape index (κ2) is 4.42. The minimum atomic E-state index is -0.910. The van der Waals surface area contributed by atoms with Crippen LogP contribution in [0.4, 0.5) is 14.6 Å². The van der Waals surface area contributed by atoms with Crippen LogP contribution >= 0.6 is 0 Å². The Balaban J connectivity index is 2.78. The van der Waals surface area contributed by atoms with Crippen LogP contribution in [0.5, 0.6) is 5.88 Å². The number of ether oxygens (including phenoxy) is 1. The Morgan fingerprint density at radius 3 is 2.86 bits per heavy atom. The first-order valence-corrected chi connectivity index (χ1v) is 3.83. The zero-order chi connectivity index (χ0) is 10.6. The molecule has 0 atom stereocenters. The van der Waals surface area contributed by atoms with Crippen LogP contribution in [0.15, 0.2) is 6.07 Å². The maximum absolute atomic E-state index is 12.9. The van der Waals surface area contributed by atoms with Crippen molar-refractivity contribution in [2.75, 3.05) is 12.3 Å². The molecule has 0 unspecified atom stereocenters. The summed E-state index contributed by atoms with van der Waals surface area (Å²) in [7, 11) is 0. The van der Waals surface area contributed by atoms with E-state index in [4.69, 9.17) is 16.9 Å². The fourth-order valence-electron chi connectivity index (χ4n) is 0.771. The number of terminal acetylenes is 1. The molecule has 0 aliphatic heterocycles. The number of hydrogen-bond donors (Lipinski definition) is 1. The van der Waals surface area contributed by atoms with E-state index < -0.39 is 17.5 Å². The Morgan fingerprint density at radius 2 is 2.21 bits per heavy atom. The van der Waals surface area contributed by atoms with Crippen molar-refractivity contribution in [2.24, 2.45) is 0 Å². The molecule has 0 bridgehead atoms. The van der Waals surface area contributed by atoms with E-state index in [0.29, 0.717) is 12.5 Å². The number of nitrogens with zero attached hydrogens (tertiary/aromatic N) is 1. The molecule has 1 rings (SSSR count). The zero-order valence-electron chi connectivity index (χ0n) is 7.26. The summed E-state index contributed by atoms with van der Waals surface area (Å²) < 4.78 is 30.4. The quantitative estimate of drug-likeness (QED) is 0.589. The molecule has 3 nitrogen and oxygen atoms in total. The number of nitrogen functional groups attached to an aromatic ring is 1. The topological polar surface area (TPSA) is 48.1 Å². The van der Waals surface area contributed by atoms with Crippen molar-refractivity contribution in [2.45, 2.75) is 6.42 Å². The number of nitrogens with two attached hydrogens (primary N) is 1. The molecule has 0 fully saturated rings. The normalized spacial score (nSPS) is 9.50. The van der Waals surface area contributed by atoms with Gasteiger partial charge in [-0.25, -0.2) is 8.78 Å². The van der Waals surface area contributed by atoms with Gasteiger partial charge in [-0.2, -0.15) is 4.98 Å². The van der Waals surface area contributed by atoms with E-state index in [-0.39, 0.29) is 12.5 Å². The molecule has 0 saturated heterocycles. The third-order valence-corrected chi connectivity index (χ3v) is 1.41. The highest BCUT2D eigenvalue weighted by Gasteiger charge is 2.10. The van der Waals surface area contributed by atoms with Crippen molar-refractivity contribution >= 4 is 5.82 Å². The molecule has 0 aliphatic carbocycles. The third-order valence-electron chi connectivity index (χ3n) is 1.41. The first-order chi connectivity index (χ1) is 6.65. The second-order valence-corrected chi connectivity index (χ2v) is 2.44. The SMILES string of the molecule is C#CCCOc1nc(N)c(F)cc1F. The molecule has 0 aliphatic rings. The molecule has 5 heteroatoms. The van der Waals surface area contributed by atoms with Gasteiger partial charge in [0.05, 0.1) is 0 Å². The summed E-state index contributed by atoms with van der Waals surface area (Å²) in [6.45, 7) is 0.117. The van der Waals surface area contributed by atoms with Gasteiger partial charge >= 0.3 is 0 Å². The summed E-state index contributed by atoms with van der Waals surface area (Å²) in [5.41, 5.74) is 5.12. The summed E-state index contributed by atoms with van der Waals surface area (Å²) in [5, 5.41) is 0. The fraction of sp³-hybridized carbons (Fsp3) is 0.222. The average Bonchev–Trinajstić information content (AvgIpc) is 2.14. The van der Waals surface area contributed by atoms with Gasteiger partial charge in [0.25, 0.3) is 5.88 Å². The van der Waals surface area contributed by atoms with Crippen molar-refractivity contribution < 1.29 is 13.5 Å². The van der Waals surface area contributed by atoms with Crippen molar-refractivity contribution in [1.29, 1.82) is 0 Å². The molecule has 0 saturated carbocycles. The van der Waals surface area contributed by atoms with Gasteiger partial charge < -0.3 is 10.5 Å². The molecule has 1 aromatic heterocycles. The van der Waals surface area contributed by atoms with Crippen LogP contribution in [0.3, 0.4) is 0 Å². The Hall–Kier alpha value is -1.83. The van der Waals surface area contributed by atoms with Crippen LogP contribution in [-0.4, -0.2) is 11.6 Å². The van der Waals surface area contributed by atoms with Gasteiger partial charge in [0.1, 0.15) is 6.61 Å². The van der Waals surface area contributed by atoms with E-state index in [2.05, 4.69) is 10.9 Å². The molecule has 0 aromatic carbocycles. The van der Waals surface area contributed by atoms with Gasteiger partial charge in [0.15, 0.2) is 17.5 Å². The molecule has 0 spiro atoms. The predicted molar refractivity (Wildman–Crippen MR) is 47.5 cm³/mol. The minimum Gasteiger partial charge on any atom is -0.475 e. The Labute approximate surface area is 79.9 Å². The van der Waals surface area contributed by atoms with Crippen molar-refractivity contribution in [1.82, 2.24) is 4.98 Å². The van der Waals surface area contributed by atoms with Crippen molar-refractivity contribution in [3.63, 3.8) is 0 Å². The molecular weight excluding hydrogens is 190 g/mol. The minimum absolute atomic E-state index is 0.117. The van der Waals surface area contributed by atoms with E-state index in [1.165, 1.54) is 0 Å². The Morgan fingerprint density at radius 1 is 1.50 bits per heavy atom. The lowest BCUT2D eigenvalue weighted by Gasteiger charge is -2.05. The van der Waals surface area contributed by atoms with Gasteiger partial charge in [-0.1, -0.05) is 0 Å². The van der Waals surface area contributed by atoms with E-state index in [0.717, 1.165) is 0 Å². The number of pyridine rings is 1. The van der Waals surface area contributed by atoms with Crippen LogP contribution in [-0.2, 0) is 0 Å². The summed E-state index contributed by atoms with van der Waals surface area (Å²) in [5.74, 6) is -0.237. The zero-order valence-corrected chi connectivity index (χ0v) is 7.26. The number of halogens is 2. The lowest BCUT2D eigenvalue weighted by atomic mass is 10.4. The lowest BCUT2D eigenvalue weighted by molar-refractivity contribution is 0.295. The van der Waals surface area contributed by atoms with Crippen LogP contribution in [0.2, 0.25) is 0 Å². The van der Waals surface area contributed by atoms with Gasteiger partial charge in [0, 0.05) is 12.5 Å². The summed E-state index contributed by atoms with van der Waals surface area (Å²) in [4.78, 5) is 3.38. The van der Waals surface area contributed by atoms with E-state index in [1.54, 1.807) is 0 Å². The monoisotopic (exact) mass is 198 g/mol. The van der Waals surface area contributed by atoms with Gasteiger partial charge in [0.2, 0.25) is 0 Å². The van der Waals surface area contributed by atoms with Gasteiger partial charge in [-0.05, 0) is 0 Å². The molecule has 1 heterocycles. The fourth-order valence-corrected chi connectivity index (χ4v) is 0.771. The molecule has 14 heavy (non-hydrogen) atoms. The highest BCUT2D eigenvalue weighted by Crippen LogP contribution is 2.18. The number of rotatable bonds is 3. The maximum Gasteiger partial charge on any atom is 0.252 e. The maximum atomic E-state index is 12.9. The molecule has 0 radical (unpaired) electrons. The average molecular weight is 198 g/mol.